The highest BCUT2D eigenvalue weighted by Crippen LogP contribution is 2.64. The molecule has 210 valence electrons. The van der Waals surface area contributed by atoms with E-state index in [0.29, 0.717) is 34.4 Å². The average molecular weight is 560 g/mol. The lowest BCUT2D eigenvalue weighted by atomic mass is 9.44. The highest BCUT2D eigenvalue weighted by atomic mass is 16.5. The minimum Gasteiger partial charge on any atom is -0.508 e. The largest absolute Gasteiger partial charge is 0.508 e. The Labute approximate surface area is 242 Å². The number of carbonyl (C=O) groups is 4. The third-order valence-corrected chi connectivity index (χ3v) is 9.77. The molecule has 4 aliphatic rings. The Bertz CT molecular complexity index is 1710. The molecule has 1 heterocycles. The molecule has 6 atom stereocenters. The fourth-order valence-corrected chi connectivity index (χ4v) is 8.02. The molecule has 0 bridgehead atoms. The fourth-order valence-electron chi connectivity index (χ4n) is 8.02. The number of ketones is 2. The molecular formula is C35H29NO6. The summed E-state index contributed by atoms with van der Waals surface area (Å²) in [4.78, 5) is 55.5. The number of hydrogen-bond acceptors (Lipinski definition) is 6. The molecule has 3 aromatic carbocycles. The van der Waals surface area contributed by atoms with Crippen LogP contribution in [0.25, 0.3) is 5.57 Å². The maximum Gasteiger partial charge on any atom is 0.231 e. The lowest BCUT2D eigenvalue weighted by molar-refractivity contribution is -0.135. The van der Waals surface area contributed by atoms with Crippen LogP contribution in [0.15, 0.2) is 96.6 Å². The number of phenols is 1. The van der Waals surface area contributed by atoms with Gasteiger partial charge < -0.3 is 9.84 Å². The van der Waals surface area contributed by atoms with E-state index in [1.165, 1.54) is 19.3 Å². The normalized spacial score (nSPS) is 30.0. The van der Waals surface area contributed by atoms with Gasteiger partial charge in [0.05, 0.1) is 24.4 Å². The van der Waals surface area contributed by atoms with Crippen LogP contribution in [0, 0.1) is 23.7 Å². The SMILES string of the molecule is COc1ccc(C2C3=CCC4C(=O)NC(=O)C4C3CC3C(=O)C(c4ccccc4)=CC(=O)C32c2ccccc2)c(O)c1. The van der Waals surface area contributed by atoms with Crippen LogP contribution in [0.1, 0.15) is 35.4 Å². The van der Waals surface area contributed by atoms with Crippen LogP contribution < -0.4 is 10.1 Å². The number of benzene rings is 3. The van der Waals surface area contributed by atoms with Crippen molar-refractivity contribution in [3.8, 4) is 11.5 Å². The molecule has 7 nitrogen and oxygen atoms in total. The first-order valence-corrected chi connectivity index (χ1v) is 14.2. The lowest BCUT2D eigenvalue weighted by Gasteiger charge is -2.55. The molecule has 2 amide bonds. The van der Waals surface area contributed by atoms with Gasteiger partial charge in [-0.2, -0.15) is 0 Å². The third-order valence-electron chi connectivity index (χ3n) is 9.77. The van der Waals surface area contributed by atoms with E-state index in [-0.39, 0.29) is 35.6 Å². The number of fused-ring (bicyclic) bond motifs is 4. The van der Waals surface area contributed by atoms with Gasteiger partial charge in [0.15, 0.2) is 11.6 Å². The summed E-state index contributed by atoms with van der Waals surface area (Å²) in [6.07, 6.45) is 4.00. The summed E-state index contributed by atoms with van der Waals surface area (Å²) >= 11 is 0. The number of hydrogen-bond donors (Lipinski definition) is 2. The average Bonchev–Trinajstić information content (AvgIpc) is 3.31. The molecule has 42 heavy (non-hydrogen) atoms. The summed E-state index contributed by atoms with van der Waals surface area (Å²) in [6, 6.07) is 23.4. The van der Waals surface area contributed by atoms with E-state index in [4.69, 9.17) is 4.74 Å². The molecule has 6 unspecified atom stereocenters. The summed E-state index contributed by atoms with van der Waals surface area (Å²) in [5, 5.41) is 13.9. The Morgan fingerprint density at radius 3 is 2.29 bits per heavy atom. The minimum atomic E-state index is -1.38. The Hall–Kier alpha value is -4.78. The Morgan fingerprint density at radius 2 is 1.60 bits per heavy atom. The number of methoxy groups -OCH3 is 1. The second kappa shape index (κ2) is 9.65. The molecule has 0 aromatic heterocycles. The number of rotatable bonds is 4. The van der Waals surface area contributed by atoms with E-state index >= 15 is 0 Å². The van der Waals surface area contributed by atoms with E-state index in [1.807, 2.05) is 66.7 Å². The van der Waals surface area contributed by atoms with Crippen LogP contribution in [-0.2, 0) is 24.6 Å². The van der Waals surface area contributed by atoms with Crippen LogP contribution in [-0.4, -0.2) is 35.6 Å². The monoisotopic (exact) mass is 559 g/mol. The molecule has 3 aromatic rings. The number of ether oxygens (including phenoxy) is 1. The third kappa shape index (κ3) is 3.59. The summed E-state index contributed by atoms with van der Waals surface area (Å²) in [6.45, 7) is 0. The highest BCUT2D eigenvalue weighted by Gasteiger charge is 2.65. The van der Waals surface area contributed by atoms with Gasteiger partial charge in [-0.3, -0.25) is 24.5 Å². The van der Waals surface area contributed by atoms with Crippen LogP contribution in [0.2, 0.25) is 0 Å². The predicted octanol–water partition coefficient (Wildman–Crippen LogP) is 4.51. The highest BCUT2D eigenvalue weighted by molar-refractivity contribution is 6.31. The number of phenolic OH excluding ortho intramolecular Hbond substituents is 1. The molecule has 2 fully saturated rings. The van der Waals surface area contributed by atoms with Crippen LogP contribution in [0.3, 0.4) is 0 Å². The van der Waals surface area contributed by atoms with Crippen molar-refractivity contribution in [3.63, 3.8) is 0 Å². The molecule has 0 spiro atoms. The van der Waals surface area contributed by atoms with Crippen molar-refractivity contribution in [1.82, 2.24) is 5.32 Å². The zero-order chi connectivity index (χ0) is 29.2. The van der Waals surface area contributed by atoms with Gasteiger partial charge in [-0.25, -0.2) is 0 Å². The standard InChI is InChI=1S/C35H29NO6/c1-42-21-12-13-23(28(37)16-21)31-22-14-15-24-30(34(41)36-33(24)40)26(22)17-27-32(39)25(19-8-4-2-5-9-19)18-29(38)35(27,31)20-10-6-3-7-11-20/h2-14,16,18,24,26-27,30-31,37H,15,17H2,1H3,(H,36,40,41). The van der Waals surface area contributed by atoms with Crippen LogP contribution in [0.4, 0.5) is 0 Å². The molecule has 0 radical (unpaired) electrons. The van der Waals surface area contributed by atoms with Gasteiger partial charge in [-0.1, -0.05) is 78.4 Å². The van der Waals surface area contributed by atoms with E-state index in [0.717, 1.165) is 5.57 Å². The molecule has 7 heteroatoms. The van der Waals surface area contributed by atoms with Gasteiger partial charge in [-0.05, 0) is 42.0 Å². The van der Waals surface area contributed by atoms with Crippen LogP contribution in [0.5, 0.6) is 11.5 Å². The maximum atomic E-state index is 14.8. The summed E-state index contributed by atoms with van der Waals surface area (Å²) in [5.41, 5.74) is 1.56. The summed E-state index contributed by atoms with van der Waals surface area (Å²) in [7, 11) is 1.51. The minimum absolute atomic E-state index is 0.0675. The van der Waals surface area contributed by atoms with Gasteiger partial charge >= 0.3 is 0 Å². The number of Topliss-reactive ketones (excluding diaryl/α,β-unsaturated/α-hetero) is 1. The van der Waals surface area contributed by atoms with Crippen molar-refractivity contribution in [2.45, 2.75) is 24.2 Å². The maximum absolute atomic E-state index is 14.8. The molecule has 1 saturated heterocycles. The smallest absolute Gasteiger partial charge is 0.231 e. The van der Waals surface area contributed by atoms with Crippen molar-refractivity contribution in [3.05, 3.63) is 113 Å². The summed E-state index contributed by atoms with van der Waals surface area (Å²) < 4.78 is 5.35. The second-order valence-corrected chi connectivity index (χ2v) is 11.6. The number of aromatic hydroxyl groups is 1. The van der Waals surface area contributed by atoms with E-state index in [1.54, 1.807) is 12.1 Å². The van der Waals surface area contributed by atoms with Crippen molar-refractivity contribution in [2.75, 3.05) is 7.11 Å². The topological polar surface area (TPSA) is 110 Å². The second-order valence-electron chi connectivity index (χ2n) is 11.6. The van der Waals surface area contributed by atoms with E-state index in [9.17, 15) is 24.3 Å². The number of allylic oxidation sites excluding steroid dienone is 4. The van der Waals surface area contributed by atoms with Gasteiger partial charge in [0.25, 0.3) is 0 Å². The summed E-state index contributed by atoms with van der Waals surface area (Å²) in [5.74, 6) is -3.93. The Kier molecular flexibility index (Phi) is 6.01. The van der Waals surface area contributed by atoms with E-state index < -0.39 is 35.0 Å². The number of nitrogens with one attached hydrogen (secondary N) is 1. The first-order chi connectivity index (χ1) is 20.4. The molecule has 7 rings (SSSR count). The van der Waals surface area contributed by atoms with Crippen molar-refractivity contribution < 1.29 is 29.0 Å². The van der Waals surface area contributed by atoms with Crippen molar-refractivity contribution in [2.24, 2.45) is 23.7 Å². The van der Waals surface area contributed by atoms with Crippen LogP contribution >= 0.6 is 0 Å². The quantitative estimate of drug-likeness (QED) is 0.360. The van der Waals surface area contributed by atoms with Gasteiger partial charge in [0, 0.05) is 29.0 Å². The number of amides is 2. The molecule has 3 aliphatic carbocycles. The lowest BCUT2D eigenvalue weighted by Crippen LogP contribution is -2.58. The predicted molar refractivity (Wildman–Crippen MR) is 154 cm³/mol. The zero-order valence-corrected chi connectivity index (χ0v) is 22.9. The number of carbonyl (C=O) groups excluding carboxylic acids is 4. The van der Waals surface area contributed by atoms with Crippen molar-refractivity contribution >= 4 is 29.0 Å². The molecule has 1 aliphatic heterocycles. The first kappa shape index (κ1) is 26.1. The Balaban J connectivity index is 1.53. The zero-order valence-electron chi connectivity index (χ0n) is 22.9. The van der Waals surface area contributed by atoms with Gasteiger partial charge in [0.2, 0.25) is 11.8 Å². The number of imide groups is 1. The van der Waals surface area contributed by atoms with Gasteiger partial charge in [-0.15, -0.1) is 0 Å². The molecular weight excluding hydrogens is 530 g/mol. The molecule has 1 saturated carbocycles. The van der Waals surface area contributed by atoms with Gasteiger partial charge in [0.1, 0.15) is 11.5 Å². The molecule has 2 N–H and O–H groups in total. The van der Waals surface area contributed by atoms with E-state index in [2.05, 4.69) is 5.32 Å². The first-order valence-electron chi connectivity index (χ1n) is 14.2. The Morgan fingerprint density at radius 1 is 0.881 bits per heavy atom. The van der Waals surface area contributed by atoms with Crippen molar-refractivity contribution in [1.29, 1.82) is 0 Å². The fraction of sp³-hybridized carbons (Fsp3) is 0.257.